The number of hydrogen-bond acceptors (Lipinski definition) is 5. The van der Waals surface area contributed by atoms with Crippen LogP contribution in [0.15, 0.2) is 121 Å². The van der Waals surface area contributed by atoms with E-state index < -0.39 is 41.9 Å². The highest BCUT2D eigenvalue weighted by Gasteiger charge is 2.30. The highest BCUT2D eigenvalue weighted by molar-refractivity contribution is 5.94. The molecule has 0 unspecified atom stereocenters. The van der Waals surface area contributed by atoms with Gasteiger partial charge in [0, 0.05) is 19.3 Å². The number of amides is 4. The molecular formula is C35H36N4O5. The topological polar surface area (TPSA) is 140 Å². The zero-order valence-corrected chi connectivity index (χ0v) is 24.2. The molecule has 4 aromatic carbocycles. The van der Waals surface area contributed by atoms with Gasteiger partial charge in [-0.1, -0.05) is 121 Å². The Kier molecular flexibility index (Phi) is 11.6. The van der Waals surface area contributed by atoms with Crippen LogP contribution >= 0.6 is 0 Å². The maximum absolute atomic E-state index is 13.7. The van der Waals surface area contributed by atoms with E-state index >= 15 is 0 Å². The van der Waals surface area contributed by atoms with E-state index in [1.165, 1.54) is 0 Å². The molecule has 4 amide bonds. The molecule has 0 aliphatic heterocycles. The lowest BCUT2D eigenvalue weighted by Gasteiger charge is -2.25. The molecule has 226 valence electrons. The van der Waals surface area contributed by atoms with Crippen LogP contribution in [0.5, 0.6) is 0 Å². The Labute approximate surface area is 256 Å². The van der Waals surface area contributed by atoms with Crippen molar-refractivity contribution in [1.29, 1.82) is 0 Å². The summed E-state index contributed by atoms with van der Waals surface area (Å²) in [7, 11) is 0. The van der Waals surface area contributed by atoms with Gasteiger partial charge in [-0.3, -0.25) is 14.4 Å². The van der Waals surface area contributed by atoms with Gasteiger partial charge in [-0.05, 0) is 22.3 Å². The zero-order valence-electron chi connectivity index (χ0n) is 24.2. The summed E-state index contributed by atoms with van der Waals surface area (Å²) in [5, 5.41) is 8.17. The van der Waals surface area contributed by atoms with Crippen molar-refractivity contribution in [2.45, 2.75) is 44.0 Å². The molecule has 0 bridgehead atoms. The first-order chi connectivity index (χ1) is 21.4. The fraction of sp³-hybridized carbons (Fsp3) is 0.200. The summed E-state index contributed by atoms with van der Waals surface area (Å²) >= 11 is 0. The standard InChI is InChI=1S/C35H36N4O5/c36-32(40)29(21-25-13-5-1-6-14-25)37-33(41)30(22-26-15-7-2-8-16-26)38-34(42)31(23-27-17-9-3-10-18-27)39-35(43)44-24-28-19-11-4-12-20-28/h1-20,29-31H,21-24H2,(H2,36,40)(H,37,41)(H,38,42)(H,39,43)/t29-,30-,31+/m0/s1. The van der Waals surface area contributed by atoms with Crippen molar-refractivity contribution >= 4 is 23.8 Å². The summed E-state index contributed by atoms with van der Waals surface area (Å²) in [5.74, 6) is -1.86. The fourth-order valence-electron chi connectivity index (χ4n) is 4.64. The molecular weight excluding hydrogens is 556 g/mol. The molecule has 4 rings (SSSR count). The lowest BCUT2D eigenvalue weighted by molar-refractivity contribution is -0.131. The number of nitrogens with one attached hydrogen (secondary N) is 3. The summed E-state index contributed by atoms with van der Waals surface area (Å²) in [6.07, 6.45) is -0.277. The molecule has 0 aromatic heterocycles. The average Bonchev–Trinajstić information content (AvgIpc) is 3.04. The predicted octanol–water partition coefficient (Wildman–Crippen LogP) is 3.46. The fourth-order valence-corrected chi connectivity index (χ4v) is 4.64. The van der Waals surface area contributed by atoms with Crippen LogP contribution in [0, 0.1) is 0 Å². The summed E-state index contributed by atoms with van der Waals surface area (Å²) in [5.41, 5.74) is 8.86. The molecule has 0 saturated heterocycles. The van der Waals surface area contributed by atoms with Crippen molar-refractivity contribution in [3.8, 4) is 0 Å². The van der Waals surface area contributed by atoms with Crippen LogP contribution < -0.4 is 21.7 Å². The van der Waals surface area contributed by atoms with E-state index in [0.29, 0.717) is 0 Å². The first-order valence-corrected chi connectivity index (χ1v) is 14.4. The molecule has 0 radical (unpaired) electrons. The first-order valence-electron chi connectivity index (χ1n) is 14.4. The number of ether oxygens (including phenoxy) is 1. The van der Waals surface area contributed by atoms with E-state index in [4.69, 9.17) is 10.5 Å². The molecule has 0 heterocycles. The number of carbonyl (C=O) groups is 4. The molecule has 5 N–H and O–H groups in total. The molecule has 0 aliphatic carbocycles. The second-order valence-electron chi connectivity index (χ2n) is 10.4. The molecule has 0 fully saturated rings. The van der Waals surface area contributed by atoms with Gasteiger partial charge in [-0.15, -0.1) is 0 Å². The Morgan fingerprint density at radius 2 is 0.841 bits per heavy atom. The molecule has 4 aromatic rings. The Morgan fingerprint density at radius 3 is 1.25 bits per heavy atom. The van der Waals surface area contributed by atoms with Crippen molar-refractivity contribution in [2.24, 2.45) is 5.73 Å². The molecule has 44 heavy (non-hydrogen) atoms. The molecule has 0 spiro atoms. The largest absolute Gasteiger partial charge is 0.445 e. The van der Waals surface area contributed by atoms with E-state index in [1.54, 1.807) is 0 Å². The van der Waals surface area contributed by atoms with Crippen molar-refractivity contribution in [3.05, 3.63) is 144 Å². The van der Waals surface area contributed by atoms with Gasteiger partial charge in [0.2, 0.25) is 17.7 Å². The van der Waals surface area contributed by atoms with Crippen molar-refractivity contribution in [3.63, 3.8) is 0 Å². The Hall–Kier alpha value is -5.44. The van der Waals surface area contributed by atoms with Crippen LogP contribution in [0.4, 0.5) is 4.79 Å². The maximum atomic E-state index is 13.7. The minimum atomic E-state index is -1.07. The van der Waals surface area contributed by atoms with Gasteiger partial charge < -0.3 is 26.4 Å². The second-order valence-corrected chi connectivity index (χ2v) is 10.4. The van der Waals surface area contributed by atoms with Crippen LogP contribution in [0.25, 0.3) is 0 Å². The number of alkyl carbamates (subject to hydrolysis) is 1. The summed E-state index contributed by atoms with van der Waals surface area (Å²) in [4.78, 5) is 52.4. The molecule has 3 atom stereocenters. The molecule has 9 nitrogen and oxygen atoms in total. The number of primary amides is 1. The predicted molar refractivity (Wildman–Crippen MR) is 167 cm³/mol. The van der Waals surface area contributed by atoms with Crippen LogP contribution in [-0.2, 0) is 45.0 Å². The Balaban J connectivity index is 1.51. The minimum Gasteiger partial charge on any atom is -0.445 e. The Morgan fingerprint density at radius 1 is 0.500 bits per heavy atom. The third-order valence-electron chi connectivity index (χ3n) is 6.96. The van der Waals surface area contributed by atoms with E-state index in [1.807, 2.05) is 121 Å². The third-order valence-corrected chi connectivity index (χ3v) is 6.96. The van der Waals surface area contributed by atoms with E-state index in [-0.39, 0.29) is 25.9 Å². The number of nitrogens with two attached hydrogens (primary N) is 1. The van der Waals surface area contributed by atoms with Crippen LogP contribution in [-0.4, -0.2) is 41.9 Å². The number of carbonyl (C=O) groups excluding carboxylic acids is 4. The van der Waals surface area contributed by atoms with Crippen LogP contribution in [0.3, 0.4) is 0 Å². The van der Waals surface area contributed by atoms with Gasteiger partial charge in [0.1, 0.15) is 24.7 Å². The zero-order chi connectivity index (χ0) is 31.1. The first kappa shape index (κ1) is 31.5. The number of hydrogen-bond donors (Lipinski definition) is 4. The number of rotatable bonds is 14. The van der Waals surface area contributed by atoms with Crippen molar-refractivity contribution in [2.75, 3.05) is 0 Å². The van der Waals surface area contributed by atoms with Gasteiger partial charge >= 0.3 is 6.09 Å². The lowest BCUT2D eigenvalue weighted by atomic mass is 10.0. The van der Waals surface area contributed by atoms with Crippen LogP contribution in [0.2, 0.25) is 0 Å². The highest BCUT2D eigenvalue weighted by atomic mass is 16.5. The number of benzene rings is 4. The normalized spacial score (nSPS) is 12.6. The van der Waals surface area contributed by atoms with E-state index in [2.05, 4.69) is 16.0 Å². The van der Waals surface area contributed by atoms with Gasteiger partial charge in [0.25, 0.3) is 0 Å². The van der Waals surface area contributed by atoms with Gasteiger partial charge in [-0.25, -0.2) is 4.79 Å². The van der Waals surface area contributed by atoms with Crippen LogP contribution in [0.1, 0.15) is 22.3 Å². The van der Waals surface area contributed by atoms with Crippen molar-refractivity contribution < 1.29 is 23.9 Å². The van der Waals surface area contributed by atoms with Gasteiger partial charge in [0.15, 0.2) is 0 Å². The van der Waals surface area contributed by atoms with E-state index in [0.717, 1.165) is 22.3 Å². The van der Waals surface area contributed by atoms with Gasteiger partial charge in [-0.2, -0.15) is 0 Å². The minimum absolute atomic E-state index is 0.0291. The second kappa shape index (κ2) is 16.3. The summed E-state index contributed by atoms with van der Waals surface area (Å²) < 4.78 is 5.37. The highest BCUT2D eigenvalue weighted by Crippen LogP contribution is 2.10. The molecule has 0 aliphatic rings. The third kappa shape index (κ3) is 10.1. The van der Waals surface area contributed by atoms with E-state index in [9.17, 15) is 19.2 Å². The average molecular weight is 593 g/mol. The maximum Gasteiger partial charge on any atom is 0.408 e. The summed E-state index contributed by atoms with van der Waals surface area (Å²) in [6, 6.07) is 33.6. The summed E-state index contributed by atoms with van der Waals surface area (Å²) in [6.45, 7) is 0.0291. The quantitative estimate of drug-likeness (QED) is 0.178. The lowest BCUT2D eigenvalue weighted by Crippen LogP contribution is -2.57. The van der Waals surface area contributed by atoms with Gasteiger partial charge in [0.05, 0.1) is 0 Å². The van der Waals surface area contributed by atoms with Crippen molar-refractivity contribution in [1.82, 2.24) is 16.0 Å². The monoisotopic (exact) mass is 592 g/mol. The Bertz CT molecular complexity index is 1500. The molecule has 9 heteroatoms. The molecule has 0 saturated carbocycles. The smallest absolute Gasteiger partial charge is 0.408 e. The SMILES string of the molecule is NC(=O)[C@H](Cc1ccccc1)NC(=O)[C@H](Cc1ccccc1)NC(=O)[C@@H](Cc1ccccc1)NC(=O)OCc1ccccc1.